The largest absolute Gasteiger partial charge is 0.385 e. The van der Waals surface area contributed by atoms with Crippen molar-refractivity contribution in [1.29, 1.82) is 0 Å². The van der Waals surface area contributed by atoms with Gasteiger partial charge < -0.3 is 20.3 Å². The van der Waals surface area contributed by atoms with Gasteiger partial charge in [0.05, 0.1) is 5.69 Å². The second-order valence-corrected chi connectivity index (χ2v) is 6.87. The van der Waals surface area contributed by atoms with E-state index in [0.717, 1.165) is 61.4 Å². The molecule has 2 rings (SSSR count). The average Bonchev–Trinajstić information content (AvgIpc) is 3.03. The minimum atomic E-state index is 0. The van der Waals surface area contributed by atoms with Gasteiger partial charge in [0.2, 0.25) is 0 Å². The van der Waals surface area contributed by atoms with Crippen LogP contribution in [0.15, 0.2) is 29.4 Å². The van der Waals surface area contributed by atoms with E-state index < -0.39 is 0 Å². The average molecular weight is 515 g/mol. The number of aryl methyl sites for hydroxylation is 2. The highest BCUT2D eigenvalue weighted by molar-refractivity contribution is 14.0. The van der Waals surface area contributed by atoms with E-state index >= 15 is 0 Å². The van der Waals surface area contributed by atoms with Crippen LogP contribution in [0.4, 0.5) is 0 Å². The molecule has 0 saturated heterocycles. The molecule has 0 amide bonds. The number of nitrogens with zero attached hydrogens (tertiary/aromatic N) is 5. The van der Waals surface area contributed by atoms with Crippen LogP contribution in [0, 0.1) is 13.8 Å². The zero-order valence-electron chi connectivity index (χ0n) is 18.1. The Bertz CT molecular complexity index is 746. The fraction of sp³-hybridized carbons (Fsp3) is 0.550. The van der Waals surface area contributed by atoms with Gasteiger partial charge in [-0.25, -0.2) is 9.67 Å². The molecule has 0 unspecified atom stereocenters. The number of aliphatic imine (C=N–C) groups is 1. The minimum absolute atomic E-state index is 0. The number of hydrogen-bond acceptors (Lipinski definition) is 5. The van der Waals surface area contributed by atoms with Gasteiger partial charge in [-0.15, -0.1) is 24.0 Å². The van der Waals surface area contributed by atoms with Gasteiger partial charge in [-0.2, -0.15) is 5.10 Å². The highest BCUT2D eigenvalue weighted by Crippen LogP contribution is 2.10. The summed E-state index contributed by atoms with van der Waals surface area (Å²) in [6.45, 7) is 8.27. The molecule has 0 spiro atoms. The quantitative estimate of drug-likeness (QED) is 0.219. The van der Waals surface area contributed by atoms with Gasteiger partial charge in [0, 0.05) is 58.8 Å². The number of aromatic nitrogens is 3. The van der Waals surface area contributed by atoms with Crippen LogP contribution in [0.25, 0.3) is 5.82 Å². The third-order valence-electron chi connectivity index (χ3n) is 4.39. The predicted molar refractivity (Wildman–Crippen MR) is 128 cm³/mol. The molecule has 0 aliphatic heterocycles. The molecule has 0 bridgehead atoms. The van der Waals surface area contributed by atoms with Crippen molar-refractivity contribution in [3.05, 3.63) is 41.3 Å². The molecule has 2 heterocycles. The van der Waals surface area contributed by atoms with Crippen molar-refractivity contribution >= 4 is 29.9 Å². The lowest BCUT2D eigenvalue weighted by atomic mass is 10.3. The topological polar surface area (TPSA) is 79.6 Å². The fourth-order valence-electron chi connectivity index (χ4n) is 2.87. The normalized spacial score (nSPS) is 11.4. The number of nitrogens with one attached hydrogen (secondary N) is 2. The SMILES string of the molecule is CN=C(NCCN(C)CCCOC)NCc1ccc(-n2nc(C)cc2C)nc1.I. The number of methoxy groups -OCH3 is 1. The molecule has 0 aromatic carbocycles. The Labute approximate surface area is 191 Å². The van der Waals surface area contributed by atoms with Crippen molar-refractivity contribution in [2.75, 3.05) is 47.4 Å². The van der Waals surface area contributed by atoms with Crippen LogP contribution in [0.2, 0.25) is 0 Å². The number of ether oxygens (including phenoxy) is 1. The Morgan fingerprint density at radius 3 is 2.62 bits per heavy atom. The third-order valence-corrected chi connectivity index (χ3v) is 4.39. The monoisotopic (exact) mass is 515 g/mol. The molecule has 9 heteroatoms. The van der Waals surface area contributed by atoms with E-state index in [1.165, 1.54) is 0 Å². The van der Waals surface area contributed by atoms with Gasteiger partial charge in [-0.1, -0.05) is 6.07 Å². The Morgan fingerprint density at radius 2 is 2.03 bits per heavy atom. The van der Waals surface area contributed by atoms with E-state index in [1.807, 2.05) is 36.9 Å². The molecule has 0 atom stereocenters. The standard InChI is InChI=1S/C20H33N7O.HI/c1-16-13-17(2)27(25-16)19-8-7-18(14-23-19)15-24-20(21-3)22-9-11-26(4)10-6-12-28-5;/h7-8,13-14H,6,9-12,15H2,1-5H3,(H2,21,22,24);1H. The van der Waals surface area contributed by atoms with Gasteiger partial charge in [0.1, 0.15) is 0 Å². The number of hydrogen-bond donors (Lipinski definition) is 2. The number of halogens is 1. The second-order valence-electron chi connectivity index (χ2n) is 6.87. The maximum absolute atomic E-state index is 5.08. The number of rotatable bonds is 10. The van der Waals surface area contributed by atoms with Crippen LogP contribution < -0.4 is 10.6 Å². The molecule has 0 aliphatic rings. The van der Waals surface area contributed by atoms with Crippen molar-refractivity contribution in [2.24, 2.45) is 4.99 Å². The molecule has 8 nitrogen and oxygen atoms in total. The Balaban J connectivity index is 0.00000420. The van der Waals surface area contributed by atoms with Crippen LogP contribution >= 0.6 is 24.0 Å². The van der Waals surface area contributed by atoms with Gasteiger partial charge in [0.15, 0.2) is 11.8 Å². The maximum Gasteiger partial charge on any atom is 0.191 e. The first kappa shape index (κ1) is 25.3. The van der Waals surface area contributed by atoms with Crippen LogP contribution in [-0.4, -0.2) is 73.1 Å². The van der Waals surface area contributed by atoms with Crippen molar-refractivity contribution in [2.45, 2.75) is 26.8 Å². The first-order valence-electron chi connectivity index (χ1n) is 9.64. The van der Waals surface area contributed by atoms with Gasteiger partial charge in [-0.3, -0.25) is 4.99 Å². The molecule has 0 saturated carbocycles. The summed E-state index contributed by atoms with van der Waals surface area (Å²) in [6, 6.07) is 6.09. The van der Waals surface area contributed by atoms with Crippen molar-refractivity contribution in [3.63, 3.8) is 0 Å². The predicted octanol–water partition coefficient (Wildman–Crippen LogP) is 2.14. The highest BCUT2D eigenvalue weighted by Gasteiger charge is 2.05. The van der Waals surface area contributed by atoms with E-state index in [-0.39, 0.29) is 24.0 Å². The first-order valence-corrected chi connectivity index (χ1v) is 9.64. The first-order chi connectivity index (χ1) is 13.5. The third kappa shape index (κ3) is 8.67. The summed E-state index contributed by atoms with van der Waals surface area (Å²) in [5.74, 6) is 1.61. The van der Waals surface area contributed by atoms with E-state index in [4.69, 9.17) is 4.74 Å². The van der Waals surface area contributed by atoms with E-state index in [0.29, 0.717) is 6.54 Å². The molecule has 2 aromatic heterocycles. The van der Waals surface area contributed by atoms with Gasteiger partial charge in [-0.05, 0) is 45.0 Å². The summed E-state index contributed by atoms with van der Waals surface area (Å²) in [4.78, 5) is 11.1. The summed E-state index contributed by atoms with van der Waals surface area (Å²) < 4.78 is 6.94. The molecular formula is C20H34IN7O. The molecule has 29 heavy (non-hydrogen) atoms. The molecule has 0 radical (unpaired) electrons. The Kier molecular flexibility index (Phi) is 11.8. The lowest BCUT2D eigenvalue weighted by molar-refractivity contribution is 0.180. The van der Waals surface area contributed by atoms with Crippen LogP contribution in [-0.2, 0) is 11.3 Å². The number of likely N-dealkylation sites (N-methyl/N-ethyl adjacent to an activating group) is 1. The van der Waals surface area contributed by atoms with Crippen LogP contribution in [0.5, 0.6) is 0 Å². The lowest BCUT2D eigenvalue weighted by Gasteiger charge is -2.18. The van der Waals surface area contributed by atoms with Gasteiger partial charge in [0.25, 0.3) is 0 Å². The second kappa shape index (κ2) is 13.5. The maximum atomic E-state index is 5.08. The number of guanidine groups is 1. The zero-order chi connectivity index (χ0) is 20.4. The molecule has 2 aromatic rings. The zero-order valence-corrected chi connectivity index (χ0v) is 20.4. The van der Waals surface area contributed by atoms with E-state index in [1.54, 1.807) is 14.2 Å². The summed E-state index contributed by atoms with van der Waals surface area (Å²) in [5.41, 5.74) is 3.15. The van der Waals surface area contributed by atoms with Crippen molar-refractivity contribution < 1.29 is 4.74 Å². The van der Waals surface area contributed by atoms with E-state index in [2.05, 4.69) is 43.7 Å². The minimum Gasteiger partial charge on any atom is -0.385 e. The summed E-state index contributed by atoms with van der Waals surface area (Å²) >= 11 is 0. The molecule has 162 valence electrons. The van der Waals surface area contributed by atoms with Gasteiger partial charge >= 0.3 is 0 Å². The molecule has 0 fully saturated rings. The van der Waals surface area contributed by atoms with Crippen LogP contribution in [0.1, 0.15) is 23.4 Å². The smallest absolute Gasteiger partial charge is 0.191 e. The Morgan fingerprint density at radius 1 is 1.24 bits per heavy atom. The Hall–Kier alpha value is -1.72. The molecule has 0 aliphatic carbocycles. The molecule has 2 N–H and O–H groups in total. The summed E-state index contributed by atoms with van der Waals surface area (Å²) in [7, 11) is 5.63. The fourth-order valence-corrected chi connectivity index (χ4v) is 2.87. The number of pyridine rings is 1. The van der Waals surface area contributed by atoms with Crippen LogP contribution in [0.3, 0.4) is 0 Å². The van der Waals surface area contributed by atoms with Crippen molar-refractivity contribution in [1.82, 2.24) is 30.3 Å². The highest BCUT2D eigenvalue weighted by atomic mass is 127. The summed E-state index contributed by atoms with van der Waals surface area (Å²) in [5, 5.41) is 11.1. The summed E-state index contributed by atoms with van der Waals surface area (Å²) in [6.07, 6.45) is 2.91. The van der Waals surface area contributed by atoms with E-state index in [9.17, 15) is 0 Å². The molecular weight excluding hydrogens is 481 g/mol. The van der Waals surface area contributed by atoms with Crippen molar-refractivity contribution in [3.8, 4) is 5.82 Å². The lowest BCUT2D eigenvalue weighted by Crippen LogP contribution is -2.40.